The molecular formula is C19H24ClN3O3S. The van der Waals surface area contributed by atoms with Crippen molar-refractivity contribution in [3.05, 3.63) is 53.6 Å². The summed E-state index contributed by atoms with van der Waals surface area (Å²) in [7, 11) is -3.65. The summed E-state index contributed by atoms with van der Waals surface area (Å²) < 4.78 is 27.5. The van der Waals surface area contributed by atoms with E-state index in [1.54, 1.807) is 64.1 Å². The van der Waals surface area contributed by atoms with E-state index in [0.29, 0.717) is 16.4 Å². The van der Waals surface area contributed by atoms with Gasteiger partial charge in [-0.3, -0.25) is 4.79 Å². The number of carbonyl (C=O) groups is 1. The van der Waals surface area contributed by atoms with E-state index in [4.69, 9.17) is 11.6 Å². The smallest absolute Gasteiger partial charge is 0.246 e. The Morgan fingerprint density at radius 3 is 2.26 bits per heavy atom. The molecule has 2 aromatic rings. The summed E-state index contributed by atoms with van der Waals surface area (Å²) in [4.78, 5) is 12.5. The van der Waals surface area contributed by atoms with Gasteiger partial charge >= 0.3 is 0 Å². The van der Waals surface area contributed by atoms with Crippen LogP contribution in [0.1, 0.15) is 27.7 Å². The number of carbonyl (C=O) groups excluding carboxylic acids is 1. The second-order valence-corrected chi connectivity index (χ2v) is 9.36. The van der Waals surface area contributed by atoms with Crippen molar-refractivity contribution in [3.8, 4) is 0 Å². The van der Waals surface area contributed by atoms with Crippen LogP contribution in [0.15, 0.2) is 53.4 Å². The summed E-state index contributed by atoms with van der Waals surface area (Å²) in [5.41, 5.74) is 0.572. The molecule has 0 bridgehead atoms. The highest BCUT2D eigenvalue weighted by molar-refractivity contribution is 7.89. The molecule has 0 aromatic heterocycles. The van der Waals surface area contributed by atoms with Crippen molar-refractivity contribution in [2.45, 2.75) is 44.2 Å². The summed E-state index contributed by atoms with van der Waals surface area (Å²) in [6.45, 7) is 7.02. The van der Waals surface area contributed by atoms with Gasteiger partial charge in [-0.15, -0.1) is 0 Å². The molecule has 0 spiro atoms. The van der Waals surface area contributed by atoms with Crippen molar-refractivity contribution >= 4 is 38.9 Å². The van der Waals surface area contributed by atoms with Crippen LogP contribution in [0, 0.1) is 0 Å². The predicted molar refractivity (Wildman–Crippen MR) is 110 cm³/mol. The highest BCUT2D eigenvalue weighted by Gasteiger charge is 2.22. The summed E-state index contributed by atoms with van der Waals surface area (Å²) in [5.74, 6) is -0.251. The molecule has 0 unspecified atom stereocenters. The maximum atomic E-state index is 12.5. The van der Waals surface area contributed by atoms with Crippen LogP contribution in [0.3, 0.4) is 0 Å². The van der Waals surface area contributed by atoms with Crippen LogP contribution in [-0.4, -0.2) is 25.9 Å². The van der Waals surface area contributed by atoms with Crippen LogP contribution in [0.2, 0.25) is 5.02 Å². The van der Waals surface area contributed by atoms with Crippen molar-refractivity contribution in [2.24, 2.45) is 0 Å². The van der Waals surface area contributed by atoms with E-state index < -0.39 is 21.6 Å². The van der Waals surface area contributed by atoms with E-state index in [-0.39, 0.29) is 10.8 Å². The molecule has 2 aromatic carbocycles. The van der Waals surface area contributed by atoms with E-state index in [2.05, 4.69) is 15.4 Å². The Hall–Kier alpha value is -2.09. The maximum absolute atomic E-state index is 12.5. The van der Waals surface area contributed by atoms with Crippen molar-refractivity contribution in [1.82, 2.24) is 4.72 Å². The quantitative estimate of drug-likeness (QED) is 0.676. The van der Waals surface area contributed by atoms with E-state index >= 15 is 0 Å². The molecule has 0 aliphatic heterocycles. The number of benzene rings is 2. The third-order valence-electron chi connectivity index (χ3n) is 3.47. The minimum Gasteiger partial charge on any atom is -0.374 e. The summed E-state index contributed by atoms with van der Waals surface area (Å²) >= 11 is 5.83. The lowest BCUT2D eigenvalue weighted by molar-refractivity contribution is -0.116. The summed E-state index contributed by atoms with van der Waals surface area (Å²) in [5, 5.41) is 6.38. The van der Waals surface area contributed by atoms with Gasteiger partial charge in [-0.2, -0.15) is 0 Å². The summed E-state index contributed by atoms with van der Waals surface area (Å²) in [6, 6.07) is 12.6. The maximum Gasteiger partial charge on any atom is 0.246 e. The highest BCUT2D eigenvalue weighted by Crippen LogP contribution is 2.19. The fourth-order valence-electron chi connectivity index (χ4n) is 2.31. The third-order valence-corrected chi connectivity index (χ3v) is 5.48. The van der Waals surface area contributed by atoms with E-state index in [1.165, 1.54) is 12.1 Å². The minimum atomic E-state index is -3.65. The minimum absolute atomic E-state index is 0.132. The van der Waals surface area contributed by atoms with Crippen LogP contribution < -0.4 is 15.4 Å². The fraction of sp³-hybridized carbons (Fsp3) is 0.316. The Kier molecular flexibility index (Phi) is 6.51. The average molecular weight is 410 g/mol. The Bertz CT molecular complexity index is 907. The van der Waals surface area contributed by atoms with Gasteiger partial charge in [0.05, 0.1) is 4.90 Å². The zero-order valence-corrected chi connectivity index (χ0v) is 17.3. The van der Waals surface area contributed by atoms with Gasteiger partial charge in [0.1, 0.15) is 6.04 Å². The Morgan fingerprint density at radius 2 is 1.67 bits per heavy atom. The van der Waals surface area contributed by atoms with Gasteiger partial charge in [0.2, 0.25) is 15.9 Å². The molecule has 1 atom stereocenters. The van der Waals surface area contributed by atoms with Gasteiger partial charge in [0.15, 0.2) is 0 Å². The number of hydrogen-bond acceptors (Lipinski definition) is 4. The lowest BCUT2D eigenvalue weighted by atomic mass is 10.1. The number of amides is 1. The van der Waals surface area contributed by atoms with Gasteiger partial charge in [-0.1, -0.05) is 17.7 Å². The Balaban J connectivity index is 2.08. The molecule has 0 saturated heterocycles. The van der Waals surface area contributed by atoms with Crippen LogP contribution in [0.25, 0.3) is 0 Å². The highest BCUT2D eigenvalue weighted by atomic mass is 35.5. The molecule has 146 valence electrons. The molecule has 0 fully saturated rings. The van der Waals surface area contributed by atoms with Gasteiger partial charge < -0.3 is 10.6 Å². The van der Waals surface area contributed by atoms with Crippen LogP contribution in [0.4, 0.5) is 11.4 Å². The normalized spacial score (nSPS) is 13.1. The molecule has 6 nitrogen and oxygen atoms in total. The standard InChI is InChI=1S/C19H24ClN3O3S/c1-13(18(24)22-15-10-8-14(20)9-11-15)21-16-6-5-7-17(12-16)27(25,26)23-19(2,3)4/h5-13,21,23H,1-4H3,(H,22,24)/t13-/m0/s1. The number of sulfonamides is 1. The molecule has 0 saturated carbocycles. The third kappa shape index (κ3) is 6.53. The molecule has 8 heteroatoms. The largest absolute Gasteiger partial charge is 0.374 e. The molecule has 0 heterocycles. The van der Waals surface area contributed by atoms with E-state index in [0.717, 1.165) is 0 Å². The Morgan fingerprint density at radius 1 is 1.04 bits per heavy atom. The van der Waals surface area contributed by atoms with Gasteiger partial charge in [0.25, 0.3) is 0 Å². The topological polar surface area (TPSA) is 87.3 Å². The van der Waals surface area contributed by atoms with Crippen molar-refractivity contribution in [3.63, 3.8) is 0 Å². The lowest BCUT2D eigenvalue weighted by Gasteiger charge is -2.21. The van der Waals surface area contributed by atoms with E-state index in [9.17, 15) is 13.2 Å². The van der Waals surface area contributed by atoms with Gasteiger partial charge in [-0.25, -0.2) is 13.1 Å². The first-order chi connectivity index (χ1) is 12.5. The molecular weight excluding hydrogens is 386 g/mol. The first-order valence-electron chi connectivity index (χ1n) is 8.43. The molecule has 27 heavy (non-hydrogen) atoms. The van der Waals surface area contributed by atoms with Crippen LogP contribution in [-0.2, 0) is 14.8 Å². The Labute approximate surface area is 165 Å². The first kappa shape index (κ1) is 21.2. The van der Waals surface area contributed by atoms with E-state index in [1.807, 2.05) is 0 Å². The average Bonchev–Trinajstić information content (AvgIpc) is 2.55. The zero-order valence-electron chi connectivity index (χ0n) is 15.7. The second kappa shape index (κ2) is 8.29. The molecule has 3 N–H and O–H groups in total. The van der Waals surface area contributed by atoms with Gasteiger partial charge in [0, 0.05) is 21.9 Å². The van der Waals surface area contributed by atoms with Crippen LogP contribution >= 0.6 is 11.6 Å². The first-order valence-corrected chi connectivity index (χ1v) is 10.3. The molecule has 2 rings (SSSR count). The predicted octanol–water partition coefficient (Wildman–Crippen LogP) is 3.86. The molecule has 0 radical (unpaired) electrons. The van der Waals surface area contributed by atoms with Crippen molar-refractivity contribution in [2.75, 3.05) is 10.6 Å². The van der Waals surface area contributed by atoms with Crippen molar-refractivity contribution in [1.29, 1.82) is 0 Å². The number of halogens is 1. The number of nitrogens with one attached hydrogen (secondary N) is 3. The molecule has 0 aliphatic carbocycles. The second-order valence-electron chi connectivity index (χ2n) is 7.25. The lowest BCUT2D eigenvalue weighted by Crippen LogP contribution is -2.40. The SMILES string of the molecule is C[C@H](Nc1cccc(S(=O)(=O)NC(C)(C)C)c1)C(=O)Nc1ccc(Cl)cc1. The number of anilines is 2. The number of rotatable bonds is 6. The van der Waals surface area contributed by atoms with Crippen LogP contribution in [0.5, 0.6) is 0 Å². The number of hydrogen-bond donors (Lipinski definition) is 3. The summed E-state index contributed by atoms with van der Waals surface area (Å²) in [6.07, 6.45) is 0. The molecule has 1 amide bonds. The fourth-order valence-corrected chi connectivity index (χ4v) is 3.90. The van der Waals surface area contributed by atoms with Gasteiger partial charge in [-0.05, 0) is 70.2 Å². The monoisotopic (exact) mass is 409 g/mol. The zero-order chi connectivity index (χ0) is 20.2. The van der Waals surface area contributed by atoms with Crippen molar-refractivity contribution < 1.29 is 13.2 Å². The molecule has 0 aliphatic rings.